The van der Waals surface area contributed by atoms with Gasteiger partial charge < -0.3 is 24.4 Å². The first-order chi connectivity index (χ1) is 11.7. The zero-order chi connectivity index (χ0) is 16.7. The second kappa shape index (κ2) is 6.16. The highest BCUT2D eigenvalue weighted by Crippen LogP contribution is 2.41. The molecule has 0 aliphatic carbocycles. The molecule has 2 unspecified atom stereocenters. The van der Waals surface area contributed by atoms with Gasteiger partial charge in [-0.05, 0) is 37.8 Å². The molecule has 3 aliphatic rings. The van der Waals surface area contributed by atoms with Crippen LogP contribution in [0.5, 0.6) is 17.2 Å². The zero-order valence-corrected chi connectivity index (χ0v) is 14.2. The molecule has 0 radical (unpaired) electrons. The summed E-state index contributed by atoms with van der Waals surface area (Å²) in [5.41, 5.74) is 0.587. The molecule has 0 saturated carbocycles. The average molecular weight is 332 g/mol. The number of nitrogens with zero attached hydrogens (tertiary/aromatic N) is 1. The third-order valence-corrected chi connectivity index (χ3v) is 5.39. The molecule has 4 rings (SSSR count). The van der Waals surface area contributed by atoms with Gasteiger partial charge in [0.05, 0.1) is 7.11 Å². The lowest BCUT2D eigenvalue weighted by molar-refractivity contribution is 0.0680. The summed E-state index contributed by atoms with van der Waals surface area (Å²) in [5.74, 6) is 1.73. The van der Waals surface area contributed by atoms with Gasteiger partial charge in [0.25, 0.3) is 5.91 Å². The zero-order valence-electron chi connectivity index (χ0n) is 14.2. The number of benzene rings is 1. The van der Waals surface area contributed by atoms with Crippen molar-refractivity contribution in [1.29, 1.82) is 0 Å². The monoisotopic (exact) mass is 332 g/mol. The SMILES string of the molecule is COc1cc(C(=O)N(C)C2CC3CCC(C2)N3)cc2c1OCCO2. The predicted molar refractivity (Wildman–Crippen MR) is 89.0 cm³/mol. The Morgan fingerprint density at radius 3 is 2.62 bits per heavy atom. The van der Waals surface area contributed by atoms with Crippen molar-refractivity contribution in [2.45, 2.75) is 43.8 Å². The second-order valence-electron chi connectivity index (χ2n) is 6.88. The highest BCUT2D eigenvalue weighted by atomic mass is 16.6. The largest absolute Gasteiger partial charge is 0.493 e. The molecule has 3 heterocycles. The number of rotatable bonds is 3. The van der Waals surface area contributed by atoms with Gasteiger partial charge in [0.15, 0.2) is 11.5 Å². The Labute approximate surface area is 142 Å². The van der Waals surface area contributed by atoms with Gasteiger partial charge >= 0.3 is 0 Å². The van der Waals surface area contributed by atoms with Crippen molar-refractivity contribution in [1.82, 2.24) is 10.2 Å². The number of methoxy groups -OCH3 is 1. The molecule has 3 aliphatic heterocycles. The molecule has 2 atom stereocenters. The van der Waals surface area contributed by atoms with Crippen molar-refractivity contribution >= 4 is 5.91 Å². The summed E-state index contributed by atoms with van der Waals surface area (Å²) < 4.78 is 16.6. The minimum atomic E-state index is 0.0107. The number of ether oxygens (including phenoxy) is 3. The Kier molecular flexibility index (Phi) is 4.00. The fourth-order valence-electron chi connectivity index (χ4n) is 4.11. The summed E-state index contributed by atoms with van der Waals surface area (Å²) in [6.45, 7) is 0.982. The van der Waals surface area contributed by atoms with E-state index in [1.807, 2.05) is 11.9 Å². The van der Waals surface area contributed by atoms with Gasteiger partial charge in [0.1, 0.15) is 13.2 Å². The molecule has 2 bridgehead atoms. The molecular weight excluding hydrogens is 308 g/mol. The third kappa shape index (κ3) is 2.69. The van der Waals surface area contributed by atoms with Crippen LogP contribution in [-0.4, -0.2) is 56.3 Å². The quantitative estimate of drug-likeness (QED) is 0.915. The summed E-state index contributed by atoms with van der Waals surface area (Å²) >= 11 is 0. The predicted octanol–water partition coefficient (Wildman–Crippen LogP) is 1.82. The van der Waals surface area contributed by atoms with E-state index in [0.29, 0.717) is 48.1 Å². The number of hydrogen-bond donors (Lipinski definition) is 1. The van der Waals surface area contributed by atoms with Gasteiger partial charge in [-0.15, -0.1) is 0 Å². The van der Waals surface area contributed by atoms with Crippen molar-refractivity contribution in [3.05, 3.63) is 17.7 Å². The van der Waals surface area contributed by atoms with Gasteiger partial charge in [0.2, 0.25) is 5.75 Å². The van der Waals surface area contributed by atoms with E-state index in [1.54, 1.807) is 19.2 Å². The molecule has 2 saturated heterocycles. The molecule has 0 spiro atoms. The molecule has 6 nitrogen and oxygen atoms in total. The van der Waals surface area contributed by atoms with E-state index >= 15 is 0 Å². The van der Waals surface area contributed by atoms with Gasteiger partial charge in [-0.25, -0.2) is 0 Å². The van der Waals surface area contributed by atoms with Crippen LogP contribution < -0.4 is 19.5 Å². The third-order valence-electron chi connectivity index (χ3n) is 5.39. The molecule has 1 aromatic rings. The minimum Gasteiger partial charge on any atom is -0.493 e. The van der Waals surface area contributed by atoms with E-state index < -0.39 is 0 Å². The maximum absolute atomic E-state index is 13.0. The van der Waals surface area contributed by atoms with Crippen LogP contribution in [0.15, 0.2) is 12.1 Å². The summed E-state index contributed by atoms with van der Waals surface area (Å²) in [4.78, 5) is 14.9. The number of nitrogens with one attached hydrogen (secondary N) is 1. The lowest BCUT2D eigenvalue weighted by Crippen LogP contribution is -2.48. The molecule has 24 heavy (non-hydrogen) atoms. The van der Waals surface area contributed by atoms with E-state index in [9.17, 15) is 4.79 Å². The Balaban J connectivity index is 1.57. The number of amides is 1. The first kappa shape index (κ1) is 15.6. The minimum absolute atomic E-state index is 0.0107. The maximum Gasteiger partial charge on any atom is 0.254 e. The Morgan fingerprint density at radius 1 is 1.21 bits per heavy atom. The highest BCUT2D eigenvalue weighted by molar-refractivity contribution is 5.95. The van der Waals surface area contributed by atoms with Crippen molar-refractivity contribution in [2.24, 2.45) is 0 Å². The Morgan fingerprint density at radius 2 is 1.92 bits per heavy atom. The van der Waals surface area contributed by atoms with Crippen LogP contribution in [0.4, 0.5) is 0 Å². The van der Waals surface area contributed by atoms with Crippen molar-refractivity contribution < 1.29 is 19.0 Å². The smallest absolute Gasteiger partial charge is 0.254 e. The van der Waals surface area contributed by atoms with Crippen LogP contribution in [-0.2, 0) is 0 Å². The second-order valence-corrected chi connectivity index (χ2v) is 6.88. The normalized spacial score (nSPS) is 27.7. The number of piperidine rings is 1. The van der Waals surface area contributed by atoms with E-state index in [4.69, 9.17) is 14.2 Å². The fraction of sp³-hybridized carbons (Fsp3) is 0.611. The van der Waals surface area contributed by atoms with Crippen molar-refractivity contribution in [3.8, 4) is 17.2 Å². The first-order valence-corrected chi connectivity index (χ1v) is 8.66. The summed E-state index contributed by atoms with van der Waals surface area (Å²) in [6, 6.07) is 4.92. The van der Waals surface area contributed by atoms with Gasteiger partial charge in [-0.2, -0.15) is 0 Å². The number of hydrogen-bond acceptors (Lipinski definition) is 5. The van der Waals surface area contributed by atoms with Crippen LogP contribution in [0, 0.1) is 0 Å². The molecule has 1 N–H and O–H groups in total. The van der Waals surface area contributed by atoms with Gasteiger partial charge in [-0.3, -0.25) is 4.79 Å². The molecule has 1 amide bonds. The Bertz CT molecular complexity index is 619. The van der Waals surface area contributed by atoms with E-state index in [0.717, 1.165) is 12.8 Å². The maximum atomic E-state index is 13.0. The van der Waals surface area contributed by atoms with Gasteiger partial charge in [-0.1, -0.05) is 0 Å². The van der Waals surface area contributed by atoms with Crippen molar-refractivity contribution in [2.75, 3.05) is 27.4 Å². The molecular formula is C18H24N2O4. The van der Waals surface area contributed by atoms with Crippen LogP contribution >= 0.6 is 0 Å². The molecule has 2 fully saturated rings. The van der Waals surface area contributed by atoms with Crippen LogP contribution in [0.25, 0.3) is 0 Å². The van der Waals surface area contributed by atoms with Crippen molar-refractivity contribution in [3.63, 3.8) is 0 Å². The molecule has 6 heteroatoms. The van der Waals surface area contributed by atoms with Crippen LogP contribution in [0.1, 0.15) is 36.0 Å². The standard InChI is InChI=1S/C18H24N2O4/c1-20(14-9-12-3-4-13(10-14)19-12)18(21)11-7-15(22-2)17-16(8-11)23-5-6-24-17/h7-8,12-14,19H,3-6,9-10H2,1-2H3. The van der Waals surface area contributed by atoms with E-state index in [2.05, 4.69) is 5.32 Å². The molecule has 0 aromatic heterocycles. The number of carbonyl (C=O) groups excluding carboxylic acids is 1. The average Bonchev–Trinajstić information content (AvgIpc) is 2.97. The highest BCUT2D eigenvalue weighted by Gasteiger charge is 2.36. The van der Waals surface area contributed by atoms with Gasteiger partial charge in [0, 0.05) is 30.7 Å². The van der Waals surface area contributed by atoms with E-state index in [-0.39, 0.29) is 11.9 Å². The molecule has 130 valence electrons. The lowest BCUT2D eigenvalue weighted by Gasteiger charge is -2.35. The number of carbonyl (C=O) groups is 1. The summed E-state index contributed by atoms with van der Waals surface area (Å²) in [6.07, 6.45) is 4.50. The topological polar surface area (TPSA) is 60.0 Å². The van der Waals surface area contributed by atoms with E-state index in [1.165, 1.54) is 12.8 Å². The summed E-state index contributed by atoms with van der Waals surface area (Å²) in [5, 5.41) is 3.62. The summed E-state index contributed by atoms with van der Waals surface area (Å²) in [7, 11) is 3.48. The number of fused-ring (bicyclic) bond motifs is 3. The van der Waals surface area contributed by atoms with Crippen LogP contribution in [0.3, 0.4) is 0 Å². The molecule has 1 aromatic carbocycles. The van der Waals surface area contributed by atoms with Crippen LogP contribution in [0.2, 0.25) is 0 Å². The fourth-order valence-corrected chi connectivity index (χ4v) is 4.11. The Hall–Kier alpha value is -1.95. The first-order valence-electron chi connectivity index (χ1n) is 8.66. The lowest BCUT2D eigenvalue weighted by atomic mass is 9.98.